The van der Waals surface area contributed by atoms with Crippen LogP contribution < -0.4 is 5.73 Å². The number of ether oxygens (including phenoxy) is 1. The Bertz CT molecular complexity index is 365. The van der Waals surface area contributed by atoms with Gasteiger partial charge in [-0.3, -0.25) is 4.79 Å². The van der Waals surface area contributed by atoms with Crippen LogP contribution in [-0.2, 0) is 4.74 Å². The summed E-state index contributed by atoms with van der Waals surface area (Å²) in [6, 6.07) is 4.76. The van der Waals surface area contributed by atoms with Gasteiger partial charge >= 0.3 is 5.97 Å². The van der Waals surface area contributed by atoms with Crippen LogP contribution in [0.2, 0.25) is 0 Å². The number of nitrogens with two attached hydrogens (primary N) is 1. The summed E-state index contributed by atoms with van der Waals surface area (Å²) < 4.78 is 4.56. The molecule has 0 unspecified atom stereocenters. The monoisotopic (exact) mass is 207 g/mol. The molecule has 0 aliphatic rings. The van der Waals surface area contributed by atoms with Gasteiger partial charge in [-0.15, -0.1) is 0 Å². The number of ketones is 1. The van der Waals surface area contributed by atoms with Crippen molar-refractivity contribution in [1.82, 2.24) is 0 Å². The lowest BCUT2D eigenvalue weighted by Gasteiger charge is -2.07. The number of Topliss-reactive ketones (excluding diaryl/α,β-unsaturated/α-hetero) is 1. The van der Waals surface area contributed by atoms with Crippen LogP contribution in [0.1, 0.15) is 34.1 Å². The van der Waals surface area contributed by atoms with E-state index in [1.54, 1.807) is 19.1 Å². The van der Waals surface area contributed by atoms with Crippen LogP contribution in [0.25, 0.3) is 0 Å². The van der Waals surface area contributed by atoms with Gasteiger partial charge in [0.15, 0.2) is 5.78 Å². The highest BCUT2D eigenvalue weighted by molar-refractivity contribution is 6.06. The van der Waals surface area contributed by atoms with Crippen molar-refractivity contribution in [2.75, 3.05) is 12.8 Å². The van der Waals surface area contributed by atoms with Gasteiger partial charge < -0.3 is 10.5 Å². The van der Waals surface area contributed by atoms with E-state index in [1.807, 2.05) is 0 Å². The van der Waals surface area contributed by atoms with E-state index < -0.39 is 5.97 Å². The third-order valence-corrected chi connectivity index (χ3v) is 2.13. The highest BCUT2D eigenvalue weighted by Gasteiger charge is 2.15. The lowest BCUT2D eigenvalue weighted by molar-refractivity contribution is 0.0602. The van der Waals surface area contributed by atoms with Crippen LogP contribution >= 0.6 is 0 Å². The summed E-state index contributed by atoms with van der Waals surface area (Å²) in [6.45, 7) is 1.74. The molecule has 0 atom stereocenters. The van der Waals surface area contributed by atoms with Crippen molar-refractivity contribution in [2.24, 2.45) is 0 Å². The van der Waals surface area contributed by atoms with Crippen molar-refractivity contribution in [1.29, 1.82) is 0 Å². The molecule has 0 fully saturated rings. The van der Waals surface area contributed by atoms with E-state index in [9.17, 15) is 9.59 Å². The molecule has 0 radical (unpaired) electrons. The lowest BCUT2D eigenvalue weighted by atomic mass is 10.0. The number of nitrogen functional groups attached to an aromatic ring is 1. The molecule has 4 heteroatoms. The second-order valence-corrected chi connectivity index (χ2v) is 3.04. The Labute approximate surface area is 88.0 Å². The van der Waals surface area contributed by atoms with Crippen LogP contribution in [-0.4, -0.2) is 18.9 Å². The van der Waals surface area contributed by atoms with Crippen molar-refractivity contribution in [2.45, 2.75) is 13.3 Å². The van der Waals surface area contributed by atoms with Gasteiger partial charge in [-0.1, -0.05) is 13.0 Å². The topological polar surface area (TPSA) is 69.4 Å². The normalized spacial score (nSPS) is 9.73. The van der Waals surface area contributed by atoms with Gasteiger partial charge in [0.2, 0.25) is 0 Å². The van der Waals surface area contributed by atoms with Gasteiger partial charge in [-0.2, -0.15) is 0 Å². The molecule has 0 aromatic heterocycles. The van der Waals surface area contributed by atoms with E-state index in [1.165, 1.54) is 13.2 Å². The predicted octanol–water partition coefficient (Wildman–Crippen LogP) is 1.65. The number of carbonyl (C=O) groups is 2. The number of anilines is 1. The van der Waals surface area contributed by atoms with E-state index in [0.717, 1.165) is 0 Å². The summed E-state index contributed by atoms with van der Waals surface area (Å²) in [5.41, 5.74) is 6.51. The summed E-state index contributed by atoms with van der Waals surface area (Å²) in [6.07, 6.45) is 0.356. The zero-order valence-electron chi connectivity index (χ0n) is 8.74. The molecular formula is C11H13NO3. The van der Waals surface area contributed by atoms with Crippen LogP contribution in [0.5, 0.6) is 0 Å². The van der Waals surface area contributed by atoms with Gasteiger partial charge in [0, 0.05) is 12.0 Å². The van der Waals surface area contributed by atoms with E-state index in [-0.39, 0.29) is 17.0 Å². The molecule has 4 nitrogen and oxygen atoms in total. The number of carbonyl (C=O) groups excluding carboxylic acids is 2. The minimum absolute atomic E-state index is 0.0850. The van der Waals surface area contributed by atoms with E-state index in [0.29, 0.717) is 12.0 Å². The Morgan fingerprint density at radius 2 is 1.93 bits per heavy atom. The molecule has 0 heterocycles. The predicted molar refractivity (Wildman–Crippen MR) is 56.8 cm³/mol. The average Bonchev–Trinajstić information content (AvgIpc) is 2.27. The summed E-state index contributed by atoms with van der Waals surface area (Å²) in [7, 11) is 1.27. The zero-order chi connectivity index (χ0) is 11.4. The lowest BCUT2D eigenvalue weighted by Crippen LogP contribution is -2.10. The molecule has 0 aliphatic carbocycles. The summed E-state index contributed by atoms with van der Waals surface area (Å²) in [5, 5.41) is 0. The summed E-state index contributed by atoms with van der Waals surface area (Å²) in [5.74, 6) is -0.614. The number of hydrogen-bond acceptors (Lipinski definition) is 4. The Hall–Kier alpha value is -1.84. The number of methoxy groups -OCH3 is 1. The maximum absolute atomic E-state index is 11.5. The summed E-state index contributed by atoms with van der Waals surface area (Å²) in [4.78, 5) is 22.7. The summed E-state index contributed by atoms with van der Waals surface area (Å²) >= 11 is 0. The Balaban J connectivity index is 3.23. The molecule has 0 saturated carbocycles. The first-order valence-electron chi connectivity index (χ1n) is 4.61. The maximum atomic E-state index is 11.5. The highest BCUT2D eigenvalue weighted by atomic mass is 16.5. The largest absolute Gasteiger partial charge is 0.465 e. The minimum atomic E-state index is -0.529. The SMILES string of the molecule is CCC(=O)c1cccc(C(=O)OC)c1N. The molecule has 80 valence electrons. The van der Waals surface area contributed by atoms with E-state index >= 15 is 0 Å². The molecule has 1 aromatic rings. The first kappa shape index (κ1) is 11.2. The van der Waals surface area contributed by atoms with Crippen LogP contribution in [0.4, 0.5) is 5.69 Å². The molecule has 2 N–H and O–H groups in total. The third kappa shape index (κ3) is 2.15. The molecular weight excluding hydrogens is 194 g/mol. The Morgan fingerprint density at radius 1 is 1.33 bits per heavy atom. The van der Waals surface area contributed by atoms with Crippen LogP contribution in [0.15, 0.2) is 18.2 Å². The average molecular weight is 207 g/mol. The standard InChI is InChI=1S/C11H13NO3/c1-3-9(13)7-5-4-6-8(10(7)12)11(14)15-2/h4-6H,3,12H2,1-2H3. The van der Waals surface area contributed by atoms with Gasteiger partial charge in [0.1, 0.15) is 0 Å². The van der Waals surface area contributed by atoms with Gasteiger partial charge in [-0.05, 0) is 12.1 Å². The molecule has 1 aromatic carbocycles. The van der Waals surface area contributed by atoms with Crippen molar-refractivity contribution in [3.8, 4) is 0 Å². The molecule has 15 heavy (non-hydrogen) atoms. The number of rotatable bonds is 3. The molecule has 0 amide bonds. The van der Waals surface area contributed by atoms with Crippen molar-refractivity contribution >= 4 is 17.4 Å². The number of hydrogen-bond donors (Lipinski definition) is 1. The molecule has 0 aliphatic heterocycles. The second kappa shape index (κ2) is 4.59. The number of esters is 1. The van der Waals surface area contributed by atoms with Gasteiger partial charge in [0.25, 0.3) is 0 Å². The molecule has 0 saturated heterocycles. The smallest absolute Gasteiger partial charge is 0.339 e. The first-order valence-corrected chi connectivity index (χ1v) is 4.61. The Morgan fingerprint density at radius 3 is 2.47 bits per heavy atom. The minimum Gasteiger partial charge on any atom is -0.465 e. The third-order valence-electron chi connectivity index (χ3n) is 2.13. The number of benzene rings is 1. The molecule has 1 rings (SSSR count). The van der Waals surface area contributed by atoms with Crippen molar-refractivity contribution in [3.05, 3.63) is 29.3 Å². The van der Waals surface area contributed by atoms with E-state index in [4.69, 9.17) is 5.73 Å². The quantitative estimate of drug-likeness (QED) is 0.464. The fourth-order valence-corrected chi connectivity index (χ4v) is 1.29. The maximum Gasteiger partial charge on any atom is 0.339 e. The number of para-hydroxylation sites is 1. The second-order valence-electron chi connectivity index (χ2n) is 3.04. The van der Waals surface area contributed by atoms with E-state index in [2.05, 4.69) is 4.74 Å². The zero-order valence-corrected chi connectivity index (χ0v) is 8.74. The van der Waals surface area contributed by atoms with Crippen molar-refractivity contribution < 1.29 is 14.3 Å². The first-order chi connectivity index (χ1) is 7.11. The van der Waals surface area contributed by atoms with Crippen LogP contribution in [0, 0.1) is 0 Å². The van der Waals surface area contributed by atoms with Gasteiger partial charge in [-0.25, -0.2) is 4.79 Å². The fraction of sp³-hybridized carbons (Fsp3) is 0.273. The Kier molecular flexibility index (Phi) is 3.44. The fourth-order valence-electron chi connectivity index (χ4n) is 1.29. The highest BCUT2D eigenvalue weighted by Crippen LogP contribution is 2.19. The molecule has 0 bridgehead atoms. The van der Waals surface area contributed by atoms with Crippen LogP contribution in [0.3, 0.4) is 0 Å². The van der Waals surface area contributed by atoms with Gasteiger partial charge in [0.05, 0.1) is 18.4 Å². The molecule has 0 spiro atoms. The van der Waals surface area contributed by atoms with Crippen molar-refractivity contribution in [3.63, 3.8) is 0 Å².